The highest BCUT2D eigenvalue weighted by molar-refractivity contribution is 4.53. The van der Waals surface area contributed by atoms with Crippen LogP contribution in [0.15, 0.2) is 0 Å². The van der Waals surface area contributed by atoms with Crippen molar-refractivity contribution in [3.63, 3.8) is 0 Å². The van der Waals surface area contributed by atoms with Crippen molar-refractivity contribution in [1.29, 1.82) is 0 Å². The largest absolute Gasteiger partial charge is 0.331 e. The molecule has 0 fully saturated rings. The third-order valence-corrected chi connectivity index (χ3v) is 8.41. The van der Waals surface area contributed by atoms with Crippen LogP contribution in [0, 0.1) is 11.8 Å². The molecule has 2 atom stereocenters. The molecular weight excluding hydrogens is 452 g/mol. The normalized spacial score (nSPS) is 16.4. The quantitative estimate of drug-likeness (QED) is 0.0944. The van der Waals surface area contributed by atoms with Crippen LogP contribution in [0.25, 0.3) is 0 Å². The van der Waals surface area contributed by atoms with Gasteiger partial charge in [0.2, 0.25) is 0 Å². The molecule has 0 heterocycles. The molecule has 0 bridgehead atoms. The van der Waals surface area contributed by atoms with Gasteiger partial charge in [-0.2, -0.15) is 0 Å². The average molecular weight is 529 g/mol. The molecule has 2 unspecified atom stereocenters. The van der Waals surface area contributed by atoms with Gasteiger partial charge < -0.3 is 17.9 Å². The Balaban J connectivity index is 4.92. The topological polar surface area (TPSA) is 0 Å². The van der Waals surface area contributed by atoms with Gasteiger partial charge >= 0.3 is 0 Å². The molecule has 4 heteroatoms. The molecule has 224 valence electrons. The minimum Gasteiger partial charge on any atom is -0.331 e. The van der Waals surface area contributed by atoms with Crippen molar-refractivity contribution < 1.29 is 17.9 Å². The summed E-state index contributed by atoms with van der Waals surface area (Å²) >= 11 is 0. The van der Waals surface area contributed by atoms with E-state index in [4.69, 9.17) is 0 Å². The van der Waals surface area contributed by atoms with E-state index >= 15 is 0 Å². The molecule has 0 rings (SSSR count). The summed E-state index contributed by atoms with van der Waals surface area (Å²) in [4.78, 5) is 0. The molecule has 0 aliphatic rings. The molecule has 0 aliphatic heterocycles. The molecule has 0 aromatic heterocycles. The zero-order valence-corrected chi connectivity index (χ0v) is 28.4. The summed E-state index contributed by atoms with van der Waals surface area (Å²) in [5, 5.41) is 0. The van der Waals surface area contributed by atoms with Crippen molar-refractivity contribution in [3.05, 3.63) is 0 Å². The van der Waals surface area contributed by atoms with Gasteiger partial charge in [0.05, 0.1) is 109 Å². The van der Waals surface area contributed by atoms with Crippen LogP contribution in [-0.4, -0.2) is 127 Å². The van der Waals surface area contributed by atoms with Gasteiger partial charge in [-0.05, 0) is 76.0 Å². The van der Waals surface area contributed by atoms with Crippen molar-refractivity contribution in [2.75, 3.05) is 109 Å². The van der Waals surface area contributed by atoms with E-state index in [1.807, 2.05) is 0 Å². The fraction of sp³-hybridized carbons (Fsp3) is 1.00. The van der Waals surface area contributed by atoms with E-state index in [-0.39, 0.29) is 0 Å². The summed E-state index contributed by atoms with van der Waals surface area (Å²) in [6, 6.07) is 0. The summed E-state index contributed by atoms with van der Waals surface area (Å²) in [7, 11) is 19.1. The highest BCUT2D eigenvalue weighted by atomic mass is 15.4. The Kier molecular flexibility index (Phi) is 18.2. The third kappa shape index (κ3) is 23.4. The second kappa shape index (κ2) is 18.2. The summed E-state index contributed by atoms with van der Waals surface area (Å²) in [5.74, 6) is 1.66. The Morgan fingerprint density at radius 3 is 0.892 bits per heavy atom. The number of unbranched alkanes of at least 4 members (excludes halogenated alkanes) is 4. The maximum Gasteiger partial charge on any atom is 0.0838 e. The van der Waals surface area contributed by atoms with Gasteiger partial charge in [0.15, 0.2) is 0 Å². The van der Waals surface area contributed by atoms with E-state index in [9.17, 15) is 0 Å². The number of hydrogen-bond donors (Lipinski definition) is 0. The zero-order chi connectivity index (χ0) is 28.6. The number of hydrogen-bond acceptors (Lipinski definition) is 0. The lowest BCUT2D eigenvalue weighted by Gasteiger charge is -2.39. The molecule has 4 nitrogen and oxygen atoms in total. The van der Waals surface area contributed by atoms with Crippen LogP contribution in [0.1, 0.15) is 98.3 Å². The summed E-state index contributed by atoms with van der Waals surface area (Å²) in [5.41, 5.74) is 0. The van der Waals surface area contributed by atoms with Gasteiger partial charge in [-0.3, -0.25) is 0 Å². The monoisotopic (exact) mass is 529 g/mol. The fourth-order valence-corrected chi connectivity index (χ4v) is 5.78. The fourth-order valence-electron chi connectivity index (χ4n) is 5.78. The lowest BCUT2D eigenvalue weighted by atomic mass is 10.1. The van der Waals surface area contributed by atoms with Gasteiger partial charge in [-0.1, -0.05) is 27.7 Å². The first-order valence-corrected chi connectivity index (χ1v) is 16.2. The van der Waals surface area contributed by atoms with Gasteiger partial charge in [-0.15, -0.1) is 0 Å². The molecule has 0 aromatic carbocycles. The van der Waals surface area contributed by atoms with E-state index in [2.05, 4.69) is 84.1 Å². The maximum absolute atomic E-state index is 2.58. The Bertz CT molecular complexity index is 498. The van der Waals surface area contributed by atoms with Crippen LogP contribution in [0.5, 0.6) is 0 Å². The number of rotatable bonds is 24. The van der Waals surface area contributed by atoms with Gasteiger partial charge in [0.1, 0.15) is 0 Å². The summed E-state index contributed by atoms with van der Waals surface area (Å²) in [6.45, 7) is 20.4. The van der Waals surface area contributed by atoms with Crippen LogP contribution in [0.2, 0.25) is 0 Å². The molecule has 37 heavy (non-hydrogen) atoms. The number of nitrogens with zero attached hydrogens (tertiary/aromatic N) is 4. The molecule has 0 N–H and O–H groups in total. The summed E-state index contributed by atoms with van der Waals surface area (Å²) < 4.78 is 4.80. The minimum absolute atomic E-state index is 0.830. The van der Waals surface area contributed by atoms with Crippen LogP contribution < -0.4 is 0 Å². The average Bonchev–Trinajstić information content (AvgIpc) is 2.71. The second-order valence-corrected chi connectivity index (χ2v) is 16.2. The van der Waals surface area contributed by atoms with Crippen molar-refractivity contribution in [1.82, 2.24) is 0 Å². The SMILES string of the molecule is CC(C)CCC[N+](C)(CCCCC[N+](C)(C)C)CCC[N+](C)(CCCCC[N+](C)(C)C)CCCC(C)C. The zero-order valence-electron chi connectivity index (χ0n) is 28.4. The lowest BCUT2D eigenvalue weighted by molar-refractivity contribution is -0.928. The van der Waals surface area contributed by atoms with E-state index < -0.39 is 0 Å². The molecule has 0 saturated heterocycles. The summed E-state index contributed by atoms with van der Waals surface area (Å²) in [6.07, 6.45) is 15.2. The van der Waals surface area contributed by atoms with Gasteiger partial charge in [-0.25, -0.2) is 0 Å². The highest BCUT2D eigenvalue weighted by Gasteiger charge is 2.26. The smallest absolute Gasteiger partial charge is 0.0838 e. The molecule has 0 aromatic rings. The third-order valence-electron chi connectivity index (χ3n) is 8.41. The first-order chi connectivity index (χ1) is 17.0. The number of quaternary nitrogens is 4. The van der Waals surface area contributed by atoms with Crippen molar-refractivity contribution in [3.8, 4) is 0 Å². The molecule has 0 aliphatic carbocycles. The van der Waals surface area contributed by atoms with E-state index in [0.29, 0.717) is 0 Å². The second-order valence-electron chi connectivity index (χ2n) is 16.2. The Labute approximate surface area is 236 Å². The predicted octanol–water partition coefficient (Wildman–Crippen LogP) is 6.90. The molecule has 0 amide bonds. The van der Waals surface area contributed by atoms with Crippen molar-refractivity contribution in [2.45, 2.75) is 98.3 Å². The van der Waals surface area contributed by atoms with Crippen LogP contribution >= 0.6 is 0 Å². The predicted molar refractivity (Wildman–Crippen MR) is 168 cm³/mol. The molecular formula is C33H76N4+4. The van der Waals surface area contributed by atoms with E-state index in [1.54, 1.807) is 0 Å². The van der Waals surface area contributed by atoms with Gasteiger partial charge in [0, 0.05) is 6.42 Å². The first kappa shape index (κ1) is 36.8. The van der Waals surface area contributed by atoms with Crippen molar-refractivity contribution in [2.24, 2.45) is 11.8 Å². The van der Waals surface area contributed by atoms with Gasteiger partial charge in [0.25, 0.3) is 0 Å². The van der Waals surface area contributed by atoms with E-state index in [1.165, 1.54) is 132 Å². The lowest BCUT2D eigenvalue weighted by Crippen LogP contribution is -2.50. The molecule has 0 spiro atoms. The first-order valence-electron chi connectivity index (χ1n) is 16.2. The van der Waals surface area contributed by atoms with Crippen LogP contribution in [0.3, 0.4) is 0 Å². The van der Waals surface area contributed by atoms with Crippen LogP contribution in [-0.2, 0) is 0 Å². The van der Waals surface area contributed by atoms with Crippen LogP contribution in [0.4, 0.5) is 0 Å². The Morgan fingerprint density at radius 2 is 0.595 bits per heavy atom. The molecule has 0 saturated carbocycles. The standard InChI is InChI=1S/C33H76N4/c1-32(2)22-19-28-36(11,26-17-13-15-24-34(5,6)7)30-21-31-37(12,29-20-23-33(3)4)27-18-14-16-25-35(8,9)10/h32-33H,13-31H2,1-12H3/q+4. The van der Waals surface area contributed by atoms with Crippen molar-refractivity contribution >= 4 is 0 Å². The van der Waals surface area contributed by atoms with E-state index in [0.717, 1.165) is 20.8 Å². The Hall–Kier alpha value is -0.160. The Morgan fingerprint density at radius 1 is 0.324 bits per heavy atom. The highest BCUT2D eigenvalue weighted by Crippen LogP contribution is 2.18. The molecule has 0 radical (unpaired) electrons. The maximum atomic E-state index is 2.58. The minimum atomic E-state index is 0.830.